The zero-order chi connectivity index (χ0) is 20.3. The summed E-state index contributed by atoms with van der Waals surface area (Å²) in [4.78, 5) is 15.0. The normalized spacial score (nSPS) is 19.7. The van der Waals surface area contributed by atoms with Crippen molar-refractivity contribution in [3.63, 3.8) is 0 Å². The number of sulfonamides is 1. The smallest absolute Gasteiger partial charge is 0.257 e. The first-order valence-electron chi connectivity index (χ1n) is 9.86. The van der Waals surface area contributed by atoms with E-state index in [1.807, 2.05) is 35.2 Å². The average molecular weight is 413 g/mol. The molecule has 6 nitrogen and oxygen atoms in total. The molecule has 4 rings (SSSR count). The highest BCUT2D eigenvalue weighted by Crippen LogP contribution is 2.31. The molecule has 1 saturated heterocycles. The van der Waals surface area contributed by atoms with E-state index < -0.39 is 10.0 Å². The molecule has 2 aromatic rings. The van der Waals surface area contributed by atoms with Gasteiger partial charge in [-0.05, 0) is 49.1 Å². The van der Waals surface area contributed by atoms with E-state index in [9.17, 15) is 13.2 Å². The predicted octanol–water partition coefficient (Wildman–Crippen LogP) is 3.88. The van der Waals surface area contributed by atoms with E-state index >= 15 is 0 Å². The second kappa shape index (κ2) is 8.29. The van der Waals surface area contributed by atoms with Gasteiger partial charge in [0.2, 0.25) is 0 Å². The zero-order valence-electron chi connectivity index (χ0n) is 16.1. The van der Waals surface area contributed by atoms with Gasteiger partial charge in [-0.25, -0.2) is 8.42 Å². The molecule has 2 heterocycles. The van der Waals surface area contributed by atoms with Crippen LogP contribution in [0.5, 0.6) is 5.75 Å². The van der Waals surface area contributed by atoms with Crippen molar-refractivity contribution in [3.05, 3.63) is 65.1 Å². The summed E-state index contributed by atoms with van der Waals surface area (Å²) in [5, 5.41) is 1.12. The van der Waals surface area contributed by atoms with Gasteiger partial charge in [-0.1, -0.05) is 30.3 Å². The quantitative estimate of drug-likeness (QED) is 0.827. The van der Waals surface area contributed by atoms with Gasteiger partial charge in [0, 0.05) is 24.7 Å². The van der Waals surface area contributed by atoms with Crippen molar-refractivity contribution in [2.24, 2.45) is 0 Å². The molecule has 0 aliphatic carbocycles. The predicted molar refractivity (Wildman–Crippen MR) is 113 cm³/mol. The minimum atomic E-state index is -3.71. The molecule has 1 fully saturated rings. The summed E-state index contributed by atoms with van der Waals surface area (Å²) in [6.07, 6.45) is 5.46. The second-order valence-electron chi connectivity index (χ2n) is 7.36. The Balaban J connectivity index is 1.57. The topological polar surface area (TPSA) is 75.7 Å². The molecular formula is C22H24N2O4S. The molecule has 152 valence electrons. The number of anilines is 1. The summed E-state index contributed by atoms with van der Waals surface area (Å²) in [6.45, 7) is 1.28. The van der Waals surface area contributed by atoms with E-state index in [0.29, 0.717) is 23.6 Å². The fourth-order valence-electron chi connectivity index (χ4n) is 3.84. The summed E-state index contributed by atoms with van der Waals surface area (Å²) >= 11 is 0. The molecule has 2 aliphatic heterocycles. The van der Waals surface area contributed by atoms with E-state index in [1.165, 1.54) is 6.08 Å². The van der Waals surface area contributed by atoms with Crippen molar-refractivity contribution in [1.29, 1.82) is 0 Å². The second-order valence-corrected chi connectivity index (χ2v) is 8.92. The van der Waals surface area contributed by atoms with Gasteiger partial charge in [0.1, 0.15) is 5.75 Å². The lowest BCUT2D eigenvalue weighted by atomic mass is 9.97. The largest absolute Gasteiger partial charge is 0.493 e. The fraction of sp³-hybridized carbons (Fsp3) is 0.318. The number of nitrogens with one attached hydrogen (secondary N) is 1. The van der Waals surface area contributed by atoms with Crippen LogP contribution in [0.25, 0.3) is 6.08 Å². The summed E-state index contributed by atoms with van der Waals surface area (Å²) in [6, 6.07) is 14.2. The molecule has 0 spiro atoms. The minimum absolute atomic E-state index is 0.0923. The van der Waals surface area contributed by atoms with E-state index in [-0.39, 0.29) is 11.9 Å². The number of piperidine rings is 1. The van der Waals surface area contributed by atoms with Crippen molar-refractivity contribution in [3.8, 4) is 5.75 Å². The van der Waals surface area contributed by atoms with Gasteiger partial charge in [-0.3, -0.25) is 9.52 Å². The van der Waals surface area contributed by atoms with E-state index in [1.54, 1.807) is 18.2 Å². The average Bonchev–Trinajstić information content (AvgIpc) is 2.73. The number of amides is 1. The van der Waals surface area contributed by atoms with Crippen LogP contribution >= 0.6 is 0 Å². The number of fused-ring (bicyclic) bond motifs is 2. The zero-order valence-corrected chi connectivity index (χ0v) is 16.9. The summed E-state index contributed by atoms with van der Waals surface area (Å²) in [7, 11) is -3.71. The molecule has 0 bridgehead atoms. The van der Waals surface area contributed by atoms with Crippen LogP contribution in [-0.2, 0) is 10.0 Å². The molecule has 1 amide bonds. The summed E-state index contributed by atoms with van der Waals surface area (Å²) in [5.74, 6) is 0.409. The number of hydrogen-bond donors (Lipinski definition) is 1. The standard InChI is InChI=1S/C22H24N2O4S/c25-22-20-16-18(23-29(26,27)15-12-17-6-2-1-3-7-17)9-10-21(20)28-14-11-19-8-4-5-13-24(19)22/h1-3,6-7,9-10,12,15-16,19,23H,4-5,8,11,13-14H2. The van der Waals surface area contributed by atoms with Crippen molar-refractivity contribution in [1.82, 2.24) is 4.90 Å². The third-order valence-electron chi connectivity index (χ3n) is 5.31. The molecular weight excluding hydrogens is 388 g/mol. The van der Waals surface area contributed by atoms with Gasteiger partial charge >= 0.3 is 0 Å². The number of carbonyl (C=O) groups is 1. The number of nitrogens with zero attached hydrogens (tertiary/aromatic N) is 1. The lowest BCUT2D eigenvalue weighted by molar-refractivity contribution is 0.0548. The third kappa shape index (κ3) is 4.62. The third-order valence-corrected chi connectivity index (χ3v) is 6.32. The Morgan fingerprint density at radius 1 is 1.07 bits per heavy atom. The van der Waals surface area contributed by atoms with Gasteiger partial charge < -0.3 is 9.64 Å². The van der Waals surface area contributed by atoms with Crippen molar-refractivity contribution in [2.75, 3.05) is 17.9 Å². The maximum atomic E-state index is 13.1. The Hall–Kier alpha value is -2.80. The molecule has 2 aromatic carbocycles. The first-order valence-corrected chi connectivity index (χ1v) is 11.4. The van der Waals surface area contributed by atoms with Crippen LogP contribution in [0.2, 0.25) is 0 Å². The number of carbonyl (C=O) groups excluding carboxylic acids is 1. The van der Waals surface area contributed by atoms with Crippen LogP contribution in [0.1, 0.15) is 41.6 Å². The van der Waals surface area contributed by atoms with Crippen LogP contribution in [0.3, 0.4) is 0 Å². The molecule has 2 aliphatic rings. The molecule has 29 heavy (non-hydrogen) atoms. The number of hydrogen-bond acceptors (Lipinski definition) is 4. The molecule has 1 N–H and O–H groups in total. The first-order chi connectivity index (χ1) is 14.0. The lowest BCUT2D eigenvalue weighted by Gasteiger charge is -2.37. The van der Waals surface area contributed by atoms with Crippen molar-refractivity contribution in [2.45, 2.75) is 31.7 Å². The van der Waals surface area contributed by atoms with Gasteiger partial charge in [-0.2, -0.15) is 0 Å². The summed E-state index contributed by atoms with van der Waals surface area (Å²) < 4.78 is 33.2. The maximum Gasteiger partial charge on any atom is 0.257 e. The van der Waals surface area contributed by atoms with Crippen molar-refractivity contribution < 1.29 is 17.9 Å². The Morgan fingerprint density at radius 2 is 1.90 bits per heavy atom. The number of ether oxygens (including phenoxy) is 1. The van der Waals surface area contributed by atoms with Crippen LogP contribution in [0, 0.1) is 0 Å². The highest BCUT2D eigenvalue weighted by molar-refractivity contribution is 7.95. The fourth-order valence-corrected chi connectivity index (χ4v) is 4.70. The Morgan fingerprint density at radius 3 is 2.72 bits per heavy atom. The highest BCUT2D eigenvalue weighted by atomic mass is 32.2. The molecule has 7 heteroatoms. The molecule has 1 atom stereocenters. The van der Waals surface area contributed by atoms with Crippen LogP contribution in [-0.4, -0.2) is 38.4 Å². The first kappa shape index (κ1) is 19.5. The van der Waals surface area contributed by atoms with Gasteiger partial charge in [0.25, 0.3) is 15.9 Å². The molecule has 0 aromatic heterocycles. The van der Waals surface area contributed by atoms with E-state index in [2.05, 4.69) is 4.72 Å². The van der Waals surface area contributed by atoms with Crippen molar-refractivity contribution >= 4 is 27.7 Å². The Labute approximate surface area is 171 Å². The SMILES string of the molecule is O=C1c2cc(NS(=O)(=O)C=Cc3ccccc3)ccc2OCCC2CCCCN12. The highest BCUT2D eigenvalue weighted by Gasteiger charge is 2.31. The Kier molecular flexibility index (Phi) is 5.58. The number of rotatable bonds is 4. The molecule has 1 unspecified atom stereocenters. The monoisotopic (exact) mass is 412 g/mol. The maximum absolute atomic E-state index is 13.1. The van der Waals surface area contributed by atoms with E-state index in [0.717, 1.165) is 43.2 Å². The van der Waals surface area contributed by atoms with Gasteiger partial charge in [0.15, 0.2) is 0 Å². The van der Waals surface area contributed by atoms with Crippen LogP contribution in [0.15, 0.2) is 53.9 Å². The molecule has 0 saturated carbocycles. The van der Waals surface area contributed by atoms with E-state index in [4.69, 9.17) is 4.74 Å². The number of benzene rings is 2. The minimum Gasteiger partial charge on any atom is -0.493 e. The Bertz CT molecular complexity index is 1020. The summed E-state index contributed by atoms with van der Waals surface area (Å²) in [5.41, 5.74) is 1.53. The molecule has 0 radical (unpaired) electrons. The van der Waals surface area contributed by atoms with Gasteiger partial charge in [0.05, 0.1) is 17.6 Å². The van der Waals surface area contributed by atoms with Crippen LogP contribution in [0.4, 0.5) is 5.69 Å². The lowest BCUT2D eigenvalue weighted by Crippen LogP contribution is -2.45. The van der Waals surface area contributed by atoms with Gasteiger partial charge in [-0.15, -0.1) is 0 Å². The van der Waals surface area contributed by atoms with Crippen LogP contribution < -0.4 is 9.46 Å².